The van der Waals surface area contributed by atoms with Crippen LogP contribution >= 0.6 is 0 Å². The standard InChI is InChI=1S/C14H17FN2O/c1-3-4-5-12(17-16)14-9(2)11-8-10(15)6-7-13(11)18-14/h3,6-8,12,17H,1,4-5,16H2,2H3. The summed E-state index contributed by atoms with van der Waals surface area (Å²) in [6.45, 7) is 5.60. The highest BCUT2D eigenvalue weighted by Gasteiger charge is 2.18. The average Bonchev–Trinajstić information content (AvgIpc) is 2.68. The zero-order valence-electron chi connectivity index (χ0n) is 10.4. The Morgan fingerprint density at radius 1 is 1.56 bits per heavy atom. The highest BCUT2D eigenvalue weighted by atomic mass is 19.1. The van der Waals surface area contributed by atoms with Gasteiger partial charge in [0.05, 0.1) is 6.04 Å². The number of hydrazine groups is 1. The fourth-order valence-corrected chi connectivity index (χ4v) is 2.12. The lowest BCUT2D eigenvalue weighted by Crippen LogP contribution is -2.28. The van der Waals surface area contributed by atoms with Gasteiger partial charge in [0.15, 0.2) is 0 Å². The molecule has 4 heteroatoms. The Balaban J connectivity index is 2.43. The predicted octanol–water partition coefficient (Wildman–Crippen LogP) is 3.35. The molecule has 96 valence electrons. The monoisotopic (exact) mass is 248 g/mol. The molecule has 0 radical (unpaired) electrons. The van der Waals surface area contributed by atoms with E-state index in [1.165, 1.54) is 12.1 Å². The number of fused-ring (bicyclic) bond motifs is 1. The maximum absolute atomic E-state index is 13.2. The number of nitrogens with one attached hydrogen (secondary N) is 1. The van der Waals surface area contributed by atoms with Gasteiger partial charge < -0.3 is 4.42 Å². The van der Waals surface area contributed by atoms with Crippen LogP contribution in [0.5, 0.6) is 0 Å². The molecule has 2 rings (SSSR count). The maximum atomic E-state index is 13.2. The van der Waals surface area contributed by atoms with Gasteiger partial charge in [-0.1, -0.05) is 6.08 Å². The summed E-state index contributed by atoms with van der Waals surface area (Å²) < 4.78 is 19.0. The van der Waals surface area contributed by atoms with Crippen LogP contribution in [-0.2, 0) is 0 Å². The molecule has 3 N–H and O–H groups in total. The second-order valence-electron chi connectivity index (χ2n) is 4.32. The van der Waals surface area contributed by atoms with Crippen LogP contribution in [0.15, 0.2) is 35.3 Å². The highest BCUT2D eigenvalue weighted by molar-refractivity contribution is 5.82. The summed E-state index contributed by atoms with van der Waals surface area (Å²) in [7, 11) is 0. The zero-order chi connectivity index (χ0) is 13.1. The molecule has 1 atom stereocenters. The lowest BCUT2D eigenvalue weighted by atomic mass is 10.0. The van der Waals surface area contributed by atoms with Crippen LogP contribution in [0, 0.1) is 12.7 Å². The molecule has 0 fully saturated rings. The van der Waals surface area contributed by atoms with Crippen LogP contribution in [0.4, 0.5) is 4.39 Å². The summed E-state index contributed by atoms with van der Waals surface area (Å²) >= 11 is 0. The molecule has 18 heavy (non-hydrogen) atoms. The van der Waals surface area contributed by atoms with E-state index in [1.54, 1.807) is 6.07 Å². The molecule has 0 saturated carbocycles. The van der Waals surface area contributed by atoms with Gasteiger partial charge >= 0.3 is 0 Å². The summed E-state index contributed by atoms with van der Waals surface area (Å²) in [6.07, 6.45) is 3.46. The molecule has 0 aliphatic heterocycles. The fourth-order valence-electron chi connectivity index (χ4n) is 2.12. The summed E-state index contributed by atoms with van der Waals surface area (Å²) in [4.78, 5) is 0. The third-order valence-electron chi connectivity index (χ3n) is 3.11. The lowest BCUT2D eigenvalue weighted by Gasteiger charge is -2.12. The number of aryl methyl sites for hydroxylation is 1. The average molecular weight is 248 g/mol. The quantitative estimate of drug-likeness (QED) is 0.484. The molecule has 0 amide bonds. The van der Waals surface area contributed by atoms with Crippen molar-refractivity contribution in [2.75, 3.05) is 0 Å². The number of hydrogen-bond donors (Lipinski definition) is 2. The van der Waals surface area contributed by atoms with Gasteiger partial charge in [0.25, 0.3) is 0 Å². The normalized spacial score (nSPS) is 12.8. The van der Waals surface area contributed by atoms with Gasteiger partial charge in [0, 0.05) is 10.9 Å². The van der Waals surface area contributed by atoms with E-state index in [0.29, 0.717) is 5.58 Å². The van der Waals surface area contributed by atoms with E-state index < -0.39 is 0 Å². The number of hydrogen-bond acceptors (Lipinski definition) is 3. The molecule has 1 unspecified atom stereocenters. The summed E-state index contributed by atoms with van der Waals surface area (Å²) in [5.74, 6) is 6.05. The second kappa shape index (κ2) is 5.33. The largest absolute Gasteiger partial charge is 0.459 e. The third-order valence-corrected chi connectivity index (χ3v) is 3.11. The highest BCUT2D eigenvalue weighted by Crippen LogP contribution is 2.31. The number of allylic oxidation sites excluding steroid dienone is 1. The van der Waals surface area contributed by atoms with Crippen LogP contribution in [0.1, 0.15) is 30.2 Å². The molecule has 0 spiro atoms. The van der Waals surface area contributed by atoms with Crippen molar-refractivity contribution in [1.82, 2.24) is 5.43 Å². The second-order valence-corrected chi connectivity index (χ2v) is 4.32. The van der Waals surface area contributed by atoms with E-state index in [-0.39, 0.29) is 11.9 Å². The van der Waals surface area contributed by atoms with Crippen molar-refractivity contribution in [2.45, 2.75) is 25.8 Å². The molecular formula is C14H17FN2O. The van der Waals surface area contributed by atoms with E-state index in [2.05, 4.69) is 12.0 Å². The zero-order valence-corrected chi connectivity index (χ0v) is 10.4. The number of nitrogens with two attached hydrogens (primary N) is 1. The van der Waals surface area contributed by atoms with Crippen LogP contribution in [-0.4, -0.2) is 0 Å². The fraction of sp³-hybridized carbons (Fsp3) is 0.286. The Labute approximate surface area is 105 Å². The van der Waals surface area contributed by atoms with Gasteiger partial charge in [0.2, 0.25) is 0 Å². The lowest BCUT2D eigenvalue weighted by molar-refractivity contribution is 0.416. The third kappa shape index (κ3) is 2.30. The first-order valence-electron chi connectivity index (χ1n) is 5.93. The molecule has 1 aromatic carbocycles. The predicted molar refractivity (Wildman–Crippen MR) is 70.4 cm³/mol. The topological polar surface area (TPSA) is 51.2 Å². The molecule has 1 heterocycles. The van der Waals surface area contributed by atoms with Crippen molar-refractivity contribution in [3.63, 3.8) is 0 Å². The Morgan fingerprint density at radius 3 is 3.00 bits per heavy atom. The summed E-state index contributed by atoms with van der Waals surface area (Å²) in [6, 6.07) is 4.43. The van der Waals surface area contributed by atoms with Gasteiger partial charge in [-0.25, -0.2) is 9.82 Å². The molecule has 0 saturated heterocycles. The summed E-state index contributed by atoms with van der Waals surface area (Å²) in [5, 5.41) is 0.795. The van der Waals surface area contributed by atoms with E-state index in [0.717, 1.165) is 29.6 Å². The van der Waals surface area contributed by atoms with Gasteiger partial charge in [-0.15, -0.1) is 6.58 Å². The molecule has 0 bridgehead atoms. The SMILES string of the molecule is C=CCCC(NN)c1oc2ccc(F)cc2c1C. The van der Waals surface area contributed by atoms with Crippen molar-refractivity contribution < 1.29 is 8.81 Å². The Morgan fingerprint density at radius 2 is 2.33 bits per heavy atom. The smallest absolute Gasteiger partial charge is 0.134 e. The number of benzene rings is 1. The van der Waals surface area contributed by atoms with Crippen molar-refractivity contribution >= 4 is 11.0 Å². The molecule has 0 aliphatic rings. The van der Waals surface area contributed by atoms with E-state index in [9.17, 15) is 4.39 Å². The maximum Gasteiger partial charge on any atom is 0.134 e. The van der Waals surface area contributed by atoms with Gasteiger partial charge in [-0.3, -0.25) is 5.84 Å². The molecule has 0 aliphatic carbocycles. The van der Waals surface area contributed by atoms with Crippen molar-refractivity contribution in [2.24, 2.45) is 5.84 Å². The Bertz CT molecular complexity index is 562. The number of rotatable bonds is 5. The van der Waals surface area contributed by atoms with Crippen molar-refractivity contribution in [1.29, 1.82) is 0 Å². The van der Waals surface area contributed by atoms with Crippen LogP contribution in [0.3, 0.4) is 0 Å². The minimum absolute atomic E-state index is 0.0848. The summed E-state index contributed by atoms with van der Waals surface area (Å²) in [5.41, 5.74) is 4.34. The van der Waals surface area contributed by atoms with Gasteiger partial charge in [-0.05, 0) is 38.0 Å². The number of furan rings is 1. The first-order valence-corrected chi connectivity index (χ1v) is 5.93. The van der Waals surface area contributed by atoms with Crippen LogP contribution in [0.2, 0.25) is 0 Å². The van der Waals surface area contributed by atoms with Crippen LogP contribution in [0.25, 0.3) is 11.0 Å². The first kappa shape index (κ1) is 12.8. The van der Waals surface area contributed by atoms with E-state index in [1.807, 2.05) is 13.0 Å². The van der Waals surface area contributed by atoms with Crippen molar-refractivity contribution in [3.8, 4) is 0 Å². The molecule has 2 aromatic rings. The minimum Gasteiger partial charge on any atom is -0.459 e. The van der Waals surface area contributed by atoms with Crippen molar-refractivity contribution in [3.05, 3.63) is 48.0 Å². The molecule has 3 nitrogen and oxygen atoms in total. The Kier molecular flexibility index (Phi) is 3.79. The molecular weight excluding hydrogens is 231 g/mol. The molecule has 1 aromatic heterocycles. The van der Waals surface area contributed by atoms with Crippen LogP contribution < -0.4 is 11.3 Å². The minimum atomic E-state index is -0.263. The first-order chi connectivity index (χ1) is 8.67. The van der Waals surface area contributed by atoms with E-state index >= 15 is 0 Å². The van der Waals surface area contributed by atoms with Gasteiger partial charge in [-0.2, -0.15) is 0 Å². The van der Waals surface area contributed by atoms with E-state index in [4.69, 9.17) is 10.3 Å². The number of halogens is 1. The Hall–Kier alpha value is -1.65. The van der Waals surface area contributed by atoms with Gasteiger partial charge in [0.1, 0.15) is 17.2 Å².